The van der Waals surface area contributed by atoms with Crippen LogP contribution in [0.2, 0.25) is 0 Å². The molecule has 0 amide bonds. The standard InChI is InChI=1S/C25H48O4/c1-4-6-8-9-10-11-12-13-14-15-16-17-19-20-24(26)28-22-23(3)29-25(27)21-18-7-5-2/h23H,4-22H2,1-3H3/t23-/m0/s1. The Balaban J connectivity index is 3.38. The van der Waals surface area contributed by atoms with E-state index in [9.17, 15) is 9.59 Å². The molecule has 0 spiro atoms. The molecule has 0 aliphatic heterocycles. The first-order chi connectivity index (χ1) is 14.1. The summed E-state index contributed by atoms with van der Waals surface area (Å²) in [7, 11) is 0. The summed E-state index contributed by atoms with van der Waals surface area (Å²) < 4.78 is 10.5. The van der Waals surface area contributed by atoms with Crippen molar-refractivity contribution in [3.8, 4) is 0 Å². The number of unbranched alkanes of at least 4 members (excludes halogenated alkanes) is 14. The minimum absolute atomic E-state index is 0.163. The average molecular weight is 413 g/mol. The second-order valence-corrected chi connectivity index (χ2v) is 8.43. The van der Waals surface area contributed by atoms with E-state index in [0.717, 1.165) is 32.1 Å². The Hall–Kier alpha value is -1.06. The summed E-state index contributed by atoms with van der Waals surface area (Å²) in [5.41, 5.74) is 0. The highest BCUT2D eigenvalue weighted by Gasteiger charge is 2.12. The van der Waals surface area contributed by atoms with Gasteiger partial charge in [0.05, 0.1) is 0 Å². The predicted molar refractivity (Wildman–Crippen MR) is 121 cm³/mol. The molecule has 0 aromatic heterocycles. The van der Waals surface area contributed by atoms with Crippen LogP contribution in [-0.4, -0.2) is 24.6 Å². The second kappa shape index (κ2) is 21.6. The first kappa shape index (κ1) is 27.9. The van der Waals surface area contributed by atoms with E-state index in [-0.39, 0.29) is 24.6 Å². The molecule has 0 aliphatic carbocycles. The van der Waals surface area contributed by atoms with Crippen molar-refractivity contribution in [1.29, 1.82) is 0 Å². The minimum atomic E-state index is -0.361. The fourth-order valence-electron chi connectivity index (χ4n) is 3.41. The topological polar surface area (TPSA) is 52.6 Å². The number of esters is 2. The van der Waals surface area contributed by atoms with Gasteiger partial charge in [0.25, 0.3) is 0 Å². The summed E-state index contributed by atoms with van der Waals surface area (Å²) in [5, 5.41) is 0. The van der Waals surface area contributed by atoms with E-state index in [1.54, 1.807) is 6.92 Å². The maximum absolute atomic E-state index is 11.8. The van der Waals surface area contributed by atoms with Crippen LogP contribution in [0.1, 0.15) is 136 Å². The Labute approximate surface area is 180 Å². The van der Waals surface area contributed by atoms with Crippen molar-refractivity contribution in [3.63, 3.8) is 0 Å². The molecule has 0 saturated carbocycles. The number of carbonyl (C=O) groups is 2. The molecule has 0 rings (SSSR count). The van der Waals surface area contributed by atoms with Gasteiger partial charge in [-0.25, -0.2) is 0 Å². The van der Waals surface area contributed by atoms with Crippen molar-refractivity contribution in [2.24, 2.45) is 0 Å². The van der Waals surface area contributed by atoms with Crippen LogP contribution in [0, 0.1) is 0 Å². The molecule has 0 unspecified atom stereocenters. The molecular weight excluding hydrogens is 364 g/mol. The molecule has 0 aromatic rings. The first-order valence-corrected chi connectivity index (χ1v) is 12.4. The van der Waals surface area contributed by atoms with Gasteiger partial charge in [-0.2, -0.15) is 0 Å². The molecule has 0 aromatic carbocycles. The lowest BCUT2D eigenvalue weighted by molar-refractivity contribution is -0.158. The zero-order chi connectivity index (χ0) is 21.6. The molecule has 0 aliphatic rings. The highest BCUT2D eigenvalue weighted by molar-refractivity contribution is 5.70. The van der Waals surface area contributed by atoms with Crippen LogP contribution in [0.5, 0.6) is 0 Å². The fourth-order valence-corrected chi connectivity index (χ4v) is 3.41. The van der Waals surface area contributed by atoms with Crippen LogP contribution >= 0.6 is 0 Å². The number of carbonyl (C=O) groups excluding carboxylic acids is 2. The number of ether oxygens (including phenoxy) is 2. The minimum Gasteiger partial charge on any atom is -0.462 e. The second-order valence-electron chi connectivity index (χ2n) is 8.43. The van der Waals surface area contributed by atoms with Gasteiger partial charge in [-0.05, 0) is 19.8 Å². The van der Waals surface area contributed by atoms with Crippen molar-refractivity contribution in [2.45, 2.75) is 142 Å². The summed E-state index contributed by atoms with van der Waals surface area (Å²) in [6, 6.07) is 0. The summed E-state index contributed by atoms with van der Waals surface area (Å²) in [4.78, 5) is 23.4. The van der Waals surface area contributed by atoms with Gasteiger partial charge in [-0.1, -0.05) is 104 Å². The van der Waals surface area contributed by atoms with Gasteiger partial charge < -0.3 is 9.47 Å². The zero-order valence-electron chi connectivity index (χ0n) is 19.6. The van der Waals surface area contributed by atoms with E-state index in [1.807, 2.05) is 0 Å². The van der Waals surface area contributed by atoms with Crippen LogP contribution in [0.4, 0.5) is 0 Å². The highest BCUT2D eigenvalue weighted by atomic mass is 16.6. The molecule has 0 fully saturated rings. The SMILES string of the molecule is CCCCCCCCCCCCCCCC(=O)OC[C@H](C)OC(=O)CCCCC. The van der Waals surface area contributed by atoms with Crippen molar-refractivity contribution in [2.75, 3.05) is 6.61 Å². The Morgan fingerprint density at radius 3 is 1.48 bits per heavy atom. The Bertz CT molecular complexity index is 381. The Morgan fingerprint density at radius 1 is 0.586 bits per heavy atom. The molecule has 0 saturated heterocycles. The first-order valence-electron chi connectivity index (χ1n) is 12.4. The number of rotatable bonds is 21. The van der Waals surface area contributed by atoms with Crippen LogP contribution in [0.25, 0.3) is 0 Å². The largest absolute Gasteiger partial charge is 0.462 e. The smallest absolute Gasteiger partial charge is 0.306 e. The van der Waals surface area contributed by atoms with E-state index in [4.69, 9.17) is 9.47 Å². The Morgan fingerprint density at radius 2 is 0.966 bits per heavy atom. The maximum atomic E-state index is 11.8. The monoisotopic (exact) mass is 412 g/mol. The van der Waals surface area contributed by atoms with Crippen molar-refractivity contribution in [3.05, 3.63) is 0 Å². The number of hydrogen-bond donors (Lipinski definition) is 0. The van der Waals surface area contributed by atoms with E-state index < -0.39 is 0 Å². The molecule has 0 N–H and O–H groups in total. The molecule has 172 valence electrons. The van der Waals surface area contributed by atoms with Crippen LogP contribution in [-0.2, 0) is 19.1 Å². The van der Waals surface area contributed by atoms with E-state index >= 15 is 0 Å². The molecule has 0 radical (unpaired) electrons. The third-order valence-electron chi connectivity index (χ3n) is 5.28. The van der Waals surface area contributed by atoms with E-state index in [2.05, 4.69) is 13.8 Å². The molecule has 4 heteroatoms. The Kier molecular flexibility index (Phi) is 20.9. The lowest BCUT2D eigenvalue weighted by Gasteiger charge is -2.13. The number of hydrogen-bond acceptors (Lipinski definition) is 4. The molecule has 1 atom stereocenters. The third kappa shape index (κ3) is 21.5. The van der Waals surface area contributed by atoms with Crippen molar-refractivity contribution >= 4 is 11.9 Å². The van der Waals surface area contributed by atoms with Gasteiger partial charge in [-0.15, -0.1) is 0 Å². The van der Waals surface area contributed by atoms with E-state index in [0.29, 0.717) is 12.8 Å². The van der Waals surface area contributed by atoms with E-state index in [1.165, 1.54) is 70.6 Å². The predicted octanol–water partition coefficient (Wildman–Crippen LogP) is 7.52. The lowest BCUT2D eigenvalue weighted by Crippen LogP contribution is -2.22. The lowest BCUT2D eigenvalue weighted by atomic mass is 10.0. The summed E-state index contributed by atoms with van der Waals surface area (Å²) in [5.74, 6) is -0.375. The average Bonchev–Trinajstić information content (AvgIpc) is 2.70. The van der Waals surface area contributed by atoms with Crippen LogP contribution < -0.4 is 0 Å². The van der Waals surface area contributed by atoms with Crippen LogP contribution in [0.3, 0.4) is 0 Å². The summed E-state index contributed by atoms with van der Waals surface area (Å²) >= 11 is 0. The fraction of sp³-hybridized carbons (Fsp3) is 0.920. The molecule has 29 heavy (non-hydrogen) atoms. The molecular formula is C25H48O4. The highest BCUT2D eigenvalue weighted by Crippen LogP contribution is 2.13. The van der Waals surface area contributed by atoms with Gasteiger partial charge in [0.1, 0.15) is 12.7 Å². The third-order valence-corrected chi connectivity index (χ3v) is 5.28. The van der Waals surface area contributed by atoms with Gasteiger partial charge in [0.15, 0.2) is 0 Å². The van der Waals surface area contributed by atoms with Gasteiger partial charge in [-0.3, -0.25) is 9.59 Å². The molecule has 0 heterocycles. The quantitative estimate of drug-likeness (QED) is 0.144. The van der Waals surface area contributed by atoms with Crippen LogP contribution in [0.15, 0.2) is 0 Å². The zero-order valence-corrected chi connectivity index (χ0v) is 19.6. The maximum Gasteiger partial charge on any atom is 0.306 e. The normalized spacial score (nSPS) is 12.0. The van der Waals surface area contributed by atoms with Gasteiger partial charge in [0.2, 0.25) is 0 Å². The van der Waals surface area contributed by atoms with Gasteiger partial charge in [0, 0.05) is 12.8 Å². The van der Waals surface area contributed by atoms with Crippen molar-refractivity contribution < 1.29 is 19.1 Å². The summed E-state index contributed by atoms with van der Waals surface area (Å²) in [6.07, 6.45) is 20.4. The molecule has 4 nitrogen and oxygen atoms in total. The van der Waals surface area contributed by atoms with Gasteiger partial charge >= 0.3 is 11.9 Å². The summed E-state index contributed by atoms with van der Waals surface area (Å²) in [6.45, 7) is 6.30. The van der Waals surface area contributed by atoms with Crippen molar-refractivity contribution in [1.82, 2.24) is 0 Å². The molecule has 0 bridgehead atoms.